The second-order valence-electron chi connectivity index (χ2n) is 4.08. The maximum Gasteiger partial charge on any atom is 0.320 e. The van der Waals surface area contributed by atoms with E-state index in [9.17, 15) is 4.79 Å². The Bertz CT molecular complexity index is 558. The van der Waals surface area contributed by atoms with Crippen molar-refractivity contribution in [3.8, 4) is 0 Å². The van der Waals surface area contributed by atoms with E-state index in [2.05, 4.69) is 14.7 Å². The summed E-state index contributed by atoms with van der Waals surface area (Å²) >= 11 is 1.60. The molecule has 0 saturated carbocycles. The lowest BCUT2D eigenvalue weighted by atomic mass is 10.3. The zero-order valence-corrected chi connectivity index (χ0v) is 10.8. The van der Waals surface area contributed by atoms with Gasteiger partial charge in [0.2, 0.25) is 0 Å². The maximum absolute atomic E-state index is 10.7. The third-order valence-electron chi connectivity index (χ3n) is 2.78. The van der Waals surface area contributed by atoms with Crippen LogP contribution < -0.4 is 5.32 Å². The highest BCUT2D eigenvalue weighted by Crippen LogP contribution is 2.20. The van der Waals surface area contributed by atoms with Crippen molar-refractivity contribution < 1.29 is 9.90 Å². The summed E-state index contributed by atoms with van der Waals surface area (Å²) in [6.45, 7) is 6.12. The number of carboxylic acid groups (broad SMARTS) is 1. The van der Waals surface area contributed by atoms with Gasteiger partial charge in [0.25, 0.3) is 0 Å². The second kappa shape index (κ2) is 4.46. The van der Waals surface area contributed by atoms with Crippen LogP contribution in [-0.4, -0.2) is 26.5 Å². The molecule has 2 rings (SSSR count). The number of carboxylic acids is 1. The first-order chi connectivity index (χ1) is 8.00. The Morgan fingerprint density at radius 3 is 3.00 bits per heavy atom. The van der Waals surface area contributed by atoms with Gasteiger partial charge in [-0.25, -0.2) is 4.98 Å². The van der Waals surface area contributed by atoms with E-state index >= 15 is 0 Å². The molecule has 0 aliphatic carbocycles. The zero-order chi connectivity index (χ0) is 12.6. The molecular formula is C11H15N3O2S. The molecule has 0 saturated heterocycles. The molecule has 0 spiro atoms. The number of imidazole rings is 1. The fraction of sp³-hybridized carbons (Fsp3) is 0.455. The van der Waals surface area contributed by atoms with Crippen LogP contribution in [0.4, 0.5) is 0 Å². The molecule has 1 atom stereocenters. The molecule has 2 aromatic heterocycles. The second-order valence-corrected chi connectivity index (χ2v) is 4.92. The van der Waals surface area contributed by atoms with Crippen molar-refractivity contribution in [2.45, 2.75) is 33.4 Å². The van der Waals surface area contributed by atoms with Gasteiger partial charge in [-0.15, -0.1) is 11.3 Å². The predicted octanol–water partition coefficient (Wildman–Crippen LogP) is 1.58. The summed E-state index contributed by atoms with van der Waals surface area (Å²) in [5.74, 6) is -0.842. The third kappa shape index (κ3) is 2.18. The van der Waals surface area contributed by atoms with Gasteiger partial charge in [0.1, 0.15) is 6.04 Å². The van der Waals surface area contributed by atoms with Gasteiger partial charge < -0.3 is 5.11 Å². The van der Waals surface area contributed by atoms with E-state index < -0.39 is 12.0 Å². The lowest BCUT2D eigenvalue weighted by Gasteiger charge is -2.09. The van der Waals surface area contributed by atoms with Gasteiger partial charge in [-0.1, -0.05) is 0 Å². The first kappa shape index (κ1) is 12.1. The Kier molecular flexibility index (Phi) is 3.17. The number of rotatable bonds is 4. The molecule has 0 fully saturated rings. The molecule has 1 unspecified atom stereocenters. The van der Waals surface area contributed by atoms with Crippen LogP contribution in [0.5, 0.6) is 0 Å². The lowest BCUT2D eigenvalue weighted by Crippen LogP contribution is -2.33. The number of hydrogen-bond acceptors (Lipinski definition) is 4. The summed E-state index contributed by atoms with van der Waals surface area (Å²) in [4.78, 5) is 16.2. The van der Waals surface area contributed by atoms with Gasteiger partial charge in [0.15, 0.2) is 4.96 Å². The zero-order valence-electron chi connectivity index (χ0n) is 10.0. The quantitative estimate of drug-likeness (QED) is 0.868. The van der Waals surface area contributed by atoms with E-state index in [1.165, 1.54) is 0 Å². The average molecular weight is 253 g/mol. The highest BCUT2D eigenvalue weighted by Gasteiger charge is 2.15. The molecule has 0 aliphatic heterocycles. The maximum atomic E-state index is 10.7. The van der Waals surface area contributed by atoms with Gasteiger partial charge in [-0.05, 0) is 20.8 Å². The summed E-state index contributed by atoms with van der Waals surface area (Å²) in [6, 6.07) is -0.557. The van der Waals surface area contributed by atoms with Crippen LogP contribution in [-0.2, 0) is 11.3 Å². The molecule has 92 valence electrons. The van der Waals surface area contributed by atoms with Crippen molar-refractivity contribution in [3.63, 3.8) is 0 Å². The molecule has 0 radical (unpaired) electrons. The van der Waals surface area contributed by atoms with E-state index in [1.54, 1.807) is 18.3 Å². The Morgan fingerprint density at radius 1 is 1.65 bits per heavy atom. The van der Waals surface area contributed by atoms with Crippen molar-refractivity contribution in [1.29, 1.82) is 0 Å². The van der Waals surface area contributed by atoms with Gasteiger partial charge in [0, 0.05) is 17.6 Å². The number of nitrogens with zero attached hydrogens (tertiary/aromatic N) is 2. The Hall–Kier alpha value is -1.40. The number of fused-ring (bicyclic) bond motifs is 1. The Labute approximate surface area is 103 Å². The Balaban J connectivity index is 2.25. The summed E-state index contributed by atoms with van der Waals surface area (Å²) in [7, 11) is 0. The molecule has 6 heteroatoms. The standard InChI is InChI=1S/C11H15N3O2S/c1-6-5-17-11-13-7(2)9(14(6)11)4-12-8(3)10(15)16/h5,8,12H,4H2,1-3H3,(H,15,16). The number of nitrogens with one attached hydrogen (secondary N) is 1. The van der Waals surface area contributed by atoms with Crippen LogP contribution >= 0.6 is 11.3 Å². The van der Waals surface area contributed by atoms with Crippen LogP contribution in [0.25, 0.3) is 4.96 Å². The van der Waals surface area contributed by atoms with Crippen molar-refractivity contribution >= 4 is 22.3 Å². The monoisotopic (exact) mass is 253 g/mol. The first-order valence-electron chi connectivity index (χ1n) is 5.39. The van der Waals surface area contributed by atoms with Gasteiger partial charge in [-0.3, -0.25) is 14.5 Å². The molecule has 17 heavy (non-hydrogen) atoms. The number of aromatic nitrogens is 2. The van der Waals surface area contributed by atoms with Crippen molar-refractivity contribution in [3.05, 3.63) is 22.5 Å². The smallest absolute Gasteiger partial charge is 0.320 e. The minimum absolute atomic E-state index is 0.512. The van der Waals surface area contributed by atoms with Crippen LogP contribution in [0.1, 0.15) is 24.0 Å². The van der Waals surface area contributed by atoms with Gasteiger partial charge in [0.05, 0.1) is 11.4 Å². The molecule has 0 aromatic carbocycles. The van der Waals surface area contributed by atoms with Crippen LogP contribution in [0.15, 0.2) is 5.38 Å². The van der Waals surface area contributed by atoms with E-state index in [1.807, 2.05) is 19.2 Å². The highest BCUT2D eigenvalue weighted by atomic mass is 32.1. The van der Waals surface area contributed by atoms with E-state index in [0.29, 0.717) is 6.54 Å². The predicted molar refractivity (Wildman–Crippen MR) is 66.5 cm³/mol. The SMILES string of the molecule is Cc1nc2scc(C)n2c1CNC(C)C(=O)O. The number of hydrogen-bond donors (Lipinski definition) is 2. The summed E-state index contributed by atoms with van der Waals surface area (Å²) in [5, 5.41) is 13.9. The van der Waals surface area contributed by atoms with E-state index in [-0.39, 0.29) is 0 Å². The molecule has 0 aliphatic rings. The summed E-state index contributed by atoms with van der Waals surface area (Å²) in [5.41, 5.74) is 3.11. The third-order valence-corrected chi connectivity index (χ3v) is 3.72. The number of thiazole rings is 1. The first-order valence-corrected chi connectivity index (χ1v) is 6.27. The van der Waals surface area contributed by atoms with Crippen molar-refractivity contribution in [2.24, 2.45) is 0 Å². The number of aliphatic carboxylic acids is 1. The molecule has 0 bridgehead atoms. The van der Waals surface area contributed by atoms with Crippen LogP contribution in [0, 0.1) is 13.8 Å². The minimum atomic E-state index is -0.842. The van der Waals surface area contributed by atoms with Crippen LogP contribution in [0.3, 0.4) is 0 Å². The molecular weight excluding hydrogens is 238 g/mol. The Morgan fingerprint density at radius 2 is 2.35 bits per heavy atom. The minimum Gasteiger partial charge on any atom is -0.480 e. The summed E-state index contributed by atoms with van der Waals surface area (Å²) in [6.07, 6.45) is 0. The molecule has 5 nitrogen and oxygen atoms in total. The number of carbonyl (C=O) groups is 1. The van der Waals surface area contributed by atoms with E-state index in [4.69, 9.17) is 5.11 Å². The molecule has 2 N–H and O–H groups in total. The highest BCUT2D eigenvalue weighted by molar-refractivity contribution is 7.15. The summed E-state index contributed by atoms with van der Waals surface area (Å²) < 4.78 is 2.07. The largest absolute Gasteiger partial charge is 0.480 e. The van der Waals surface area contributed by atoms with Crippen LogP contribution in [0.2, 0.25) is 0 Å². The van der Waals surface area contributed by atoms with E-state index in [0.717, 1.165) is 22.0 Å². The van der Waals surface area contributed by atoms with Crippen molar-refractivity contribution in [2.75, 3.05) is 0 Å². The number of aryl methyl sites for hydroxylation is 2. The molecule has 2 aromatic rings. The lowest BCUT2D eigenvalue weighted by molar-refractivity contribution is -0.139. The van der Waals surface area contributed by atoms with Gasteiger partial charge >= 0.3 is 5.97 Å². The normalized spacial score (nSPS) is 13.1. The van der Waals surface area contributed by atoms with Crippen molar-refractivity contribution in [1.82, 2.24) is 14.7 Å². The molecule has 0 amide bonds. The topological polar surface area (TPSA) is 66.6 Å². The fourth-order valence-corrected chi connectivity index (χ4v) is 2.64. The molecule has 2 heterocycles. The van der Waals surface area contributed by atoms with Gasteiger partial charge in [-0.2, -0.15) is 0 Å². The fourth-order valence-electron chi connectivity index (χ4n) is 1.71. The average Bonchev–Trinajstić information content (AvgIpc) is 2.76.